The van der Waals surface area contributed by atoms with Gasteiger partial charge >= 0.3 is 0 Å². The van der Waals surface area contributed by atoms with Crippen molar-refractivity contribution in [2.24, 2.45) is 5.73 Å². The first-order valence-corrected chi connectivity index (χ1v) is 4.47. The quantitative estimate of drug-likeness (QED) is 0.772. The van der Waals surface area contributed by atoms with Crippen LogP contribution in [0.2, 0.25) is 0 Å². The van der Waals surface area contributed by atoms with Crippen LogP contribution in [0.5, 0.6) is 0 Å². The van der Waals surface area contributed by atoms with Gasteiger partial charge in [0.1, 0.15) is 0 Å². The summed E-state index contributed by atoms with van der Waals surface area (Å²) in [6.45, 7) is 2.08. The van der Waals surface area contributed by atoms with Crippen molar-refractivity contribution in [2.45, 2.75) is 19.4 Å². The first kappa shape index (κ1) is 12.1. The summed E-state index contributed by atoms with van der Waals surface area (Å²) in [5.41, 5.74) is 5.84. The van der Waals surface area contributed by atoms with Gasteiger partial charge in [0.25, 0.3) is 0 Å². The van der Waals surface area contributed by atoms with Gasteiger partial charge in [0.15, 0.2) is 0 Å². The van der Waals surface area contributed by atoms with Gasteiger partial charge in [0.2, 0.25) is 0 Å². The van der Waals surface area contributed by atoms with Gasteiger partial charge in [-0.05, 0) is 26.0 Å². The molecule has 0 spiro atoms. The summed E-state index contributed by atoms with van der Waals surface area (Å²) >= 11 is 0. The molecule has 0 fully saturated rings. The van der Waals surface area contributed by atoms with E-state index in [4.69, 9.17) is 4.74 Å². The molecule has 1 aromatic carbocycles. The largest absolute Gasteiger partial charge is 0.381 e. The third-order valence-corrected chi connectivity index (χ3v) is 1.77. The normalized spacial score (nSPS) is 11.4. The van der Waals surface area contributed by atoms with E-state index < -0.39 is 0 Å². The summed E-state index contributed by atoms with van der Waals surface area (Å²) < 4.78 is 5.15. The Kier molecular flexibility index (Phi) is 7.26. The summed E-state index contributed by atoms with van der Waals surface area (Å²) in [6.07, 6.45) is 1.31. The lowest BCUT2D eigenvalue weighted by Crippen LogP contribution is -2.07. The third-order valence-electron chi connectivity index (χ3n) is 1.77. The Bertz CT molecular complexity index is 199. The Morgan fingerprint density at radius 1 is 1.23 bits per heavy atom. The number of rotatable bonds is 3. The van der Waals surface area contributed by atoms with E-state index in [-0.39, 0.29) is 0 Å². The second kappa shape index (κ2) is 7.77. The molecule has 2 heteroatoms. The number of ether oxygens (including phenoxy) is 1. The molecule has 0 aliphatic heterocycles. The van der Waals surface area contributed by atoms with E-state index in [1.807, 2.05) is 6.07 Å². The standard InChI is InChI=1S/C10H14O.CH5N/c1-9(11-2)8-10-6-4-3-5-7-10;1-2/h3-7,9H,8H2,1-2H3;2H2,1H3. The SMILES string of the molecule is CN.COC(C)Cc1ccccc1. The highest BCUT2D eigenvalue weighted by molar-refractivity contribution is 5.15. The van der Waals surface area contributed by atoms with Gasteiger partial charge in [0.05, 0.1) is 6.10 Å². The second-order valence-electron chi connectivity index (χ2n) is 2.74. The minimum Gasteiger partial charge on any atom is -0.381 e. The number of nitrogens with two attached hydrogens (primary N) is 1. The molecular formula is C11H19NO. The van der Waals surface area contributed by atoms with Crippen molar-refractivity contribution in [1.29, 1.82) is 0 Å². The van der Waals surface area contributed by atoms with Crippen LogP contribution in [-0.2, 0) is 11.2 Å². The molecule has 0 radical (unpaired) electrons. The molecule has 0 amide bonds. The Labute approximate surface area is 80.7 Å². The summed E-state index contributed by atoms with van der Waals surface area (Å²) in [7, 11) is 3.24. The Hall–Kier alpha value is -0.860. The zero-order valence-electron chi connectivity index (χ0n) is 8.66. The van der Waals surface area contributed by atoms with E-state index in [1.165, 1.54) is 12.6 Å². The summed E-state index contributed by atoms with van der Waals surface area (Å²) in [4.78, 5) is 0. The van der Waals surface area contributed by atoms with Crippen LogP contribution in [0.3, 0.4) is 0 Å². The first-order chi connectivity index (χ1) is 6.33. The molecule has 13 heavy (non-hydrogen) atoms. The fourth-order valence-electron chi connectivity index (χ4n) is 1.03. The molecule has 0 aliphatic carbocycles. The minimum absolute atomic E-state index is 0.317. The minimum atomic E-state index is 0.317. The van der Waals surface area contributed by atoms with Gasteiger partial charge in [0, 0.05) is 7.11 Å². The van der Waals surface area contributed by atoms with Crippen LogP contribution in [0.4, 0.5) is 0 Å². The molecule has 1 atom stereocenters. The van der Waals surface area contributed by atoms with Crippen molar-refractivity contribution in [3.8, 4) is 0 Å². The van der Waals surface area contributed by atoms with Gasteiger partial charge in [-0.25, -0.2) is 0 Å². The molecule has 2 N–H and O–H groups in total. The van der Waals surface area contributed by atoms with Crippen LogP contribution in [0.15, 0.2) is 30.3 Å². The van der Waals surface area contributed by atoms with Crippen LogP contribution in [0.25, 0.3) is 0 Å². The van der Waals surface area contributed by atoms with Crippen molar-refractivity contribution in [3.05, 3.63) is 35.9 Å². The zero-order chi connectivity index (χ0) is 10.1. The monoisotopic (exact) mass is 181 g/mol. The molecule has 0 saturated carbocycles. The van der Waals surface area contributed by atoms with Crippen molar-refractivity contribution >= 4 is 0 Å². The topological polar surface area (TPSA) is 35.2 Å². The molecule has 2 nitrogen and oxygen atoms in total. The van der Waals surface area contributed by atoms with Crippen LogP contribution >= 0.6 is 0 Å². The predicted octanol–water partition coefficient (Wildman–Crippen LogP) is 1.84. The summed E-state index contributed by atoms with van der Waals surface area (Å²) in [6, 6.07) is 10.4. The van der Waals surface area contributed by atoms with E-state index in [2.05, 4.69) is 36.9 Å². The van der Waals surface area contributed by atoms with Gasteiger partial charge in [-0.1, -0.05) is 30.3 Å². The highest BCUT2D eigenvalue weighted by Gasteiger charge is 1.99. The lowest BCUT2D eigenvalue weighted by Gasteiger charge is -2.08. The van der Waals surface area contributed by atoms with Gasteiger partial charge in [-0.3, -0.25) is 0 Å². The van der Waals surface area contributed by atoms with Gasteiger partial charge in [-0.2, -0.15) is 0 Å². The maximum Gasteiger partial charge on any atom is 0.0583 e. The number of methoxy groups -OCH3 is 1. The fraction of sp³-hybridized carbons (Fsp3) is 0.455. The molecule has 1 unspecified atom stereocenters. The van der Waals surface area contributed by atoms with Gasteiger partial charge < -0.3 is 10.5 Å². The van der Waals surface area contributed by atoms with E-state index in [0.717, 1.165) is 6.42 Å². The number of benzene rings is 1. The highest BCUT2D eigenvalue weighted by atomic mass is 16.5. The van der Waals surface area contributed by atoms with Crippen LogP contribution in [-0.4, -0.2) is 20.3 Å². The van der Waals surface area contributed by atoms with Gasteiger partial charge in [-0.15, -0.1) is 0 Å². The lowest BCUT2D eigenvalue weighted by molar-refractivity contribution is 0.119. The molecule has 1 rings (SSSR count). The van der Waals surface area contributed by atoms with E-state index in [9.17, 15) is 0 Å². The van der Waals surface area contributed by atoms with Crippen molar-refractivity contribution < 1.29 is 4.74 Å². The highest BCUT2D eigenvalue weighted by Crippen LogP contribution is 2.03. The predicted molar refractivity (Wildman–Crippen MR) is 56.7 cm³/mol. The average Bonchev–Trinajstić information content (AvgIpc) is 2.22. The molecule has 0 heterocycles. The summed E-state index contributed by atoms with van der Waals surface area (Å²) in [5.74, 6) is 0. The van der Waals surface area contributed by atoms with E-state index >= 15 is 0 Å². The number of hydrogen-bond acceptors (Lipinski definition) is 2. The van der Waals surface area contributed by atoms with E-state index in [0.29, 0.717) is 6.10 Å². The van der Waals surface area contributed by atoms with Crippen molar-refractivity contribution in [3.63, 3.8) is 0 Å². The van der Waals surface area contributed by atoms with Crippen molar-refractivity contribution in [2.75, 3.05) is 14.2 Å². The van der Waals surface area contributed by atoms with Crippen LogP contribution < -0.4 is 5.73 Å². The van der Waals surface area contributed by atoms with E-state index in [1.54, 1.807) is 7.11 Å². The molecular weight excluding hydrogens is 162 g/mol. The molecule has 74 valence electrons. The molecule has 0 aliphatic rings. The lowest BCUT2D eigenvalue weighted by atomic mass is 10.1. The smallest absolute Gasteiger partial charge is 0.0583 e. The Morgan fingerprint density at radius 3 is 2.23 bits per heavy atom. The molecule has 1 aromatic rings. The zero-order valence-corrected chi connectivity index (χ0v) is 8.66. The Balaban J connectivity index is 0.000000671. The molecule has 0 aromatic heterocycles. The maximum atomic E-state index is 5.15. The number of hydrogen-bond donors (Lipinski definition) is 1. The van der Waals surface area contributed by atoms with Crippen LogP contribution in [0.1, 0.15) is 12.5 Å². The average molecular weight is 181 g/mol. The van der Waals surface area contributed by atoms with Crippen LogP contribution in [0, 0.1) is 0 Å². The summed E-state index contributed by atoms with van der Waals surface area (Å²) in [5, 5.41) is 0. The fourth-order valence-corrected chi connectivity index (χ4v) is 1.03. The maximum absolute atomic E-state index is 5.15. The molecule has 0 saturated heterocycles. The first-order valence-electron chi connectivity index (χ1n) is 4.47. The second-order valence-corrected chi connectivity index (χ2v) is 2.74. The Morgan fingerprint density at radius 2 is 1.77 bits per heavy atom. The molecule has 0 bridgehead atoms. The third kappa shape index (κ3) is 5.39. The van der Waals surface area contributed by atoms with Crippen molar-refractivity contribution in [1.82, 2.24) is 0 Å².